The van der Waals surface area contributed by atoms with E-state index in [0.29, 0.717) is 4.47 Å². The smallest absolute Gasteiger partial charge is 0.337 e. The Labute approximate surface area is 132 Å². The largest absolute Gasteiger partial charge is 0.478 e. The number of nitrogens with one attached hydrogen (secondary N) is 1. The van der Waals surface area contributed by atoms with Crippen LogP contribution in [0.3, 0.4) is 0 Å². The van der Waals surface area contributed by atoms with Gasteiger partial charge in [-0.05, 0) is 30.3 Å². The number of carboxylic acids is 1. The van der Waals surface area contributed by atoms with Crippen molar-refractivity contribution >= 4 is 37.6 Å². The van der Waals surface area contributed by atoms with Crippen molar-refractivity contribution in [2.75, 3.05) is 4.72 Å². The molecule has 0 unspecified atom stereocenters. The lowest BCUT2D eigenvalue weighted by atomic mass is 10.2. The Morgan fingerprint density at radius 3 is 2.27 bits per heavy atom. The van der Waals surface area contributed by atoms with Gasteiger partial charge in [0.15, 0.2) is 4.90 Å². The lowest BCUT2D eigenvalue weighted by molar-refractivity contribution is 0.0698. The molecule has 0 bridgehead atoms. The first kappa shape index (κ1) is 16.4. The molecular weight excluding hydrogens is 384 g/mol. The predicted octanol–water partition coefficient (Wildman–Crippen LogP) is 3.23. The summed E-state index contributed by atoms with van der Waals surface area (Å²) in [6.07, 6.45) is 0. The van der Waals surface area contributed by atoms with Crippen LogP contribution in [0, 0.1) is 11.6 Å². The highest BCUT2D eigenvalue weighted by Gasteiger charge is 2.25. The molecule has 0 aliphatic rings. The van der Waals surface area contributed by atoms with Gasteiger partial charge in [0.05, 0.1) is 11.3 Å². The van der Waals surface area contributed by atoms with Gasteiger partial charge in [0.25, 0.3) is 10.0 Å². The SMILES string of the molecule is O=C(O)c1ccc(Br)cc1NS(=O)(=O)c1c(F)cccc1F. The molecule has 0 heterocycles. The summed E-state index contributed by atoms with van der Waals surface area (Å²) in [5.41, 5.74) is -0.673. The highest BCUT2D eigenvalue weighted by Crippen LogP contribution is 2.26. The monoisotopic (exact) mass is 391 g/mol. The second kappa shape index (κ2) is 6.01. The van der Waals surface area contributed by atoms with Crippen molar-refractivity contribution in [1.29, 1.82) is 0 Å². The molecule has 0 spiro atoms. The van der Waals surface area contributed by atoms with Gasteiger partial charge in [0.1, 0.15) is 11.6 Å². The summed E-state index contributed by atoms with van der Waals surface area (Å²) in [5, 5.41) is 9.03. The molecule has 9 heteroatoms. The molecule has 22 heavy (non-hydrogen) atoms. The number of aromatic carboxylic acids is 1. The van der Waals surface area contributed by atoms with Crippen LogP contribution in [0.5, 0.6) is 0 Å². The standard InChI is InChI=1S/C13H8BrF2NO4S/c14-7-4-5-8(13(18)19)11(6-7)17-22(20,21)12-9(15)2-1-3-10(12)16/h1-6,17H,(H,18,19). The van der Waals surface area contributed by atoms with E-state index in [1.165, 1.54) is 12.1 Å². The number of anilines is 1. The molecule has 0 fully saturated rings. The second-order valence-electron chi connectivity index (χ2n) is 4.15. The fourth-order valence-corrected chi connectivity index (χ4v) is 3.29. The first-order chi connectivity index (χ1) is 10.2. The van der Waals surface area contributed by atoms with E-state index in [-0.39, 0.29) is 11.3 Å². The van der Waals surface area contributed by atoms with Crippen molar-refractivity contribution in [2.24, 2.45) is 0 Å². The van der Waals surface area contributed by atoms with E-state index in [0.717, 1.165) is 24.3 Å². The number of sulfonamides is 1. The fourth-order valence-electron chi connectivity index (χ4n) is 1.72. The van der Waals surface area contributed by atoms with Crippen molar-refractivity contribution in [3.05, 3.63) is 58.1 Å². The van der Waals surface area contributed by atoms with Gasteiger partial charge in [-0.25, -0.2) is 22.0 Å². The quantitative estimate of drug-likeness (QED) is 0.837. The van der Waals surface area contributed by atoms with Crippen molar-refractivity contribution in [3.8, 4) is 0 Å². The Morgan fingerprint density at radius 2 is 1.73 bits per heavy atom. The van der Waals surface area contributed by atoms with Crippen molar-refractivity contribution in [1.82, 2.24) is 0 Å². The molecule has 0 aromatic heterocycles. The third-order valence-corrected chi connectivity index (χ3v) is 4.55. The summed E-state index contributed by atoms with van der Waals surface area (Å²) in [6, 6.07) is 6.32. The van der Waals surface area contributed by atoms with Crippen LogP contribution in [-0.4, -0.2) is 19.5 Å². The van der Waals surface area contributed by atoms with Crippen LogP contribution in [0.4, 0.5) is 14.5 Å². The minimum atomic E-state index is -4.63. The molecule has 2 aromatic rings. The Balaban J connectivity index is 2.55. The van der Waals surface area contributed by atoms with Crippen LogP contribution in [0.15, 0.2) is 45.8 Å². The second-order valence-corrected chi connectivity index (χ2v) is 6.69. The van der Waals surface area contributed by atoms with E-state index in [1.54, 1.807) is 0 Å². The van der Waals surface area contributed by atoms with E-state index >= 15 is 0 Å². The van der Waals surface area contributed by atoms with Crippen LogP contribution in [-0.2, 0) is 10.0 Å². The lowest BCUT2D eigenvalue weighted by Gasteiger charge is -2.12. The molecule has 0 aliphatic heterocycles. The van der Waals surface area contributed by atoms with Crippen LogP contribution >= 0.6 is 15.9 Å². The fraction of sp³-hybridized carbons (Fsp3) is 0. The number of rotatable bonds is 4. The first-order valence-corrected chi connectivity index (χ1v) is 7.99. The van der Waals surface area contributed by atoms with Crippen LogP contribution in [0.25, 0.3) is 0 Å². The van der Waals surface area contributed by atoms with Crippen molar-refractivity contribution < 1.29 is 27.1 Å². The minimum absolute atomic E-state index is 0.315. The Morgan fingerprint density at radius 1 is 1.14 bits per heavy atom. The molecule has 2 aromatic carbocycles. The highest BCUT2D eigenvalue weighted by atomic mass is 79.9. The molecule has 0 atom stereocenters. The first-order valence-electron chi connectivity index (χ1n) is 5.72. The molecule has 5 nitrogen and oxygen atoms in total. The molecule has 2 N–H and O–H groups in total. The van der Waals surface area contributed by atoms with Gasteiger partial charge in [-0.3, -0.25) is 4.72 Å². The zero-order chi connectivity index (χ0) is 16.5. The minimum Gasteiger partial charge on any atom is -0.478 e. The van der Waals surface area contributed by atoms with Gasteiger partial charge in [0, 0.05) is 4.47 Å². The molecule has 0 saturated heterocycles. The summed E-state index contributed by atoms with van der Waals surface area (Å²) in [7, 11) is -4.63. The van der Waals surface area contributed by atoms with E-state index in [2.05, 4.69) is 15.9 Å². The normalized spacial score (nSPS) is 11.2. The molecule has 0 amide bonds. The molecule has 0 aliphatic carbocycles. The zero-order valence-corrected chi connectivity index (χ0v) is 13.1. The summed E-state index contributed by atoms with van der Waals surface area (Å²) in [6.45, 7) is 0. The van der Waals surface area contributed by atoms with E-state index in [9.17, 15) is 22.0 Å². The topological polar surface area (TPSA) is 83.5 Å². The molecular formula is C13H8BrF2NO4S. The third kappa shape index (κ3) is 3.25. The zero-order valence-electron chi connectivity index (χ0n) is 10.7. The summed E-state index contributed by atoms with van der Waals surface area (Å²) in [4.78, 5) is 9.92. The number of carbonyl (C=O) groups is 1. The third-order valence-electron chi connectivity index (χ3n) is 2.64. The number of halogens is 3. The van der Waals surface area contributed by atoms with Gasteiger partial charge in [-0.2, -0.15) is 0 Å². The molecule has 116 valence electrons. The average Bonchev–Trinajstić information content (AvgIpc) is 2.37. The van der Waals surface area contributed by atoms with Gasteiger partial charge >= 0.3 is 5.97 Å². The molecule has 0 saturated carbocycles. The Hall–Kier alpha value is -2.00. The van der Waals surface area contributed by atoms with Crippen LogP contribution in [0.1, 0.15) is 10.4 Å². The highest BCUT2D eigenvalue weighted by molar-refractivity contribution is 9.10. The van der Waals surface area contributed by atoms with Gasteiger partial charge in [0.2, 0.25) is 0 Å². The van der Waals surface area contributed by atoms with Crippen LogP contribution in [0.2, 0.25) is 0 Å². The number of carboxylic acid groups (broad SMARTS) is 1. The summed E-state index contributed by atoms with van der Waals surface area (Å²) >= 11 is 3.06. The van der Waals surface area contributed by atoms with Crippen LogP contribution < -0.4 is 4.72 Å². The Kier molecular flexibility index (Phi) is 4.47. The number of hydrogen-bond acceptors (Lipinski definition) is 3. The van der Waals surface area contributed by atoms with E-state index < -0.39 is 32.5 Å². The maximum atomic E-state index is 13.6. The van der Waals surface area contributed by atoms with E-state index in [1.807, 2.05) is 4.72 Å². The maximum absolute atomic E-state index is 13.6. The van der Waals surface area contributed by atoms with Crippen molar-refractivity contribution in [3.63, 3.8) is 0 Å². The average molecular weight is 392 g/mol. The van der Waals surface area contributed by atoms with Crippen molar-refractivity contribution in [2.45, 2.75) is 4.90 Å². The van der Waals surface area contributed by atoms with Gasteiger partial charge in [-0.15, -0.1) is 0 Å². The molecule has 0 radical (unpaired) electrons. The summed E-state index contributed by atoms with van der Waals surface area (Å²) in [5.74, 6) is -3.95. The van der Waals surface area contributed by atoms with E-state index in [4.69, 9.17) is 5.11 Å². The Bertz CT molecular complexity index is 835. The number of benzene rings is 2. The number of hydrogen-bond donors (Lipinski definition) is 2. The van der Waals surface area contributed by atoms with Gasteiger partial charge < -0.3 is 5.11 Å². The molecule has 2 rings (SSSR count). The lowest BCUT2D eigenvalue weighted by Crippen LogP contribution is -2.18. The summed E-state index contributed by atoms with van der Waals surface area (Å²) < 4.78 is 53.7. The maximum Gasteiger partial charge on any atom is 0.337 e. The predicted molar refractivity (Wildman–Crippen MR) is 78.3 cm³/mol. The van der Waals surface area contributed by atoms with Gasteiger partial charge in [-0.1, -0.05) is 22.0 Å².